The van der Waals surface area contributed by atoms with Crippen molar-refractivity contribution in [3.8, 4) is 0 Å². The van der Waals surface area contributed by atoms with Gasteiger partial charge in [-0.05, 0) is 27.6 Å². The van der Waals surface area contributed by atoms with E-state index in [9.17, 15) is 9.50 Å². The van der Waals surface area contributed by atoms with Crippen LogP contribution >= 0.6 is 15.9 Å². The van der Waals surface area contributed by atoms with Gasteiger partial charge in [0.15, 0.2) is 5.82 Å². The van der Waals surface area contributed by atoms with Gasteiger partial charge in [0.25, 0.3) is 0 Å². The minimum atomic E-state index is -0.819. The molecule has 0 saturated heterocycles. The summed E-state index contributed by atoms with van der Waals surface area (Å²) in [5.41, 5.74) is 0.684. The van der Waals surface area contributed by atoms with E-state index in [4.69, 9.17) is 0 Å². The number of benzene rings is 1. The number of aromatic nitrogens is 3. The Morgan fingerprint density at radius 3 is 3.00 bits per heavy atom. The first kappa shape index (κ1) is 11.2. The molecule has 1 atom stereocenters. The third-order valence-corrected chi connectivity index (χ3v) is 3.08. The number of aromatic amines is 1. The van der Waals surface area contributed by atoms with E-state index in [1.807, 2.05) is 0 Å². The van der Waals surface area contributed by atoms with Crippen LogP contribution in [-0.2, 0) is 6.42 Å². The van der Waals surface area contributed by atoms with Gasteiger partial charge in [0.2, 0.25) is 0 Å². The van der Waals surface area contributed by atoms with Crippen molar-refractivity contribution in [2.75, 3.05) is 0 Å². The number of hydrogen-bond acceptors (Lipinski definition) is 3. The first-order chi connectivity index (χ1) is 7.68. The Kier molecular flexibility index (Phi) is 3.31. The third kappa shape index (κ3) is 2.28. The van der Waals surface area contributed by atoms with Crippen molar-refractivity contribution < 1.29 is 9.50 Å². The monoisotopic (exact) mass is 285 g/mol. The van der Waals surface area contributed by atoms with Gasteiger partial charge in [-0.25, -0.2) is 9.37 Å². The SMILES string of the molecule is OC(Cc1cccc(F)c1Br)c1ncn[nH]1. The van der Waals surface area contributed by atoms with Gasteiger partial charge >= 0.3 is 0 Å². The van der Waals surface area contributed by atoms with Crippen LogP contribution in [0.3, 0.4) is 0 Å². The summed E-state index contributed by atoms with van der Waals surface area (Å²) in [7, 11) is 0. The molecule has 0 amide bonds. The minimum Gasteiger partial charge on any atom is -0.385 e. The number of aliphatic hydroxyl groups is 1. The predicted molar refractivity (Wildman–Crippen MR) is 59.1 cm³/mol. The number of halogens is 2. The Labute approximate surface area is 99.7 Å². The van der Waals surface area contributed by atoms with E-state index in [1.54, 1.807) is 12.1 Å². The lowest BCUT2D eigenvalue weighted by Crippen LogP contribution is -2.05. The summed E-state index contributed by atoms with van der Waals surface area (Å²) >= 11 is 3.14. The van der Waals surface area contributed by atoms with Crippen molar-refractivity contribution in [2.45, 2.75) is 12.5 Å². The summed E-state index contributed by atoms with van der Waals surface area (Å²) in [5, 5.41) is 16.0. The second kappa shape index (κ2) is 4.71. The molecule has 2 aromatic rings. The minimum absolute atomic E-state index is 0.271. The van der Waals surface area contributed by atoms with Crippen LogP contribution in [0.4, 0.5) is 4.39 Å². The number of H-pyrrole nitrogens is 1. The number of nitrogens with one attached hydrogen (secondary N) is 1. The fourth-order valence-corrected chi connectivity index (χ4v) is 1.81. The quantitative estimate of drug-likeness (QED) is 0.907. The fourth-order valence-electron chi connectivity index (χ4n) is 1.39. The lowest BCUT2D eigenvalue weighted by Gasteiger charge is -2.09. The Bertz CT molecular complexity index is 475. The van der Waals surface area contributed by atoms with E-state index < -0.39 is 6.10 Å². The second-order valence-corrected chi connectivity index (χ2v) is 4.10. The molecule has 2 rings (SSSR count). The topological polar surface area (TPSA) is 61.8 Å². The number of nitrogens with zero attached hydrogens (tertiary/aromatic N) is 2. The average Bonchev–Trinajstić information content (AvgIpc) is 2.78. The predicted octanol–water partition coefficient (Wildman–Crippen LogP) is 1.98. The second-order valence-electron chi connectivity index (χ2n) is 3.30. The summed E-state index contributed by atoms with van der Waals surface area (Å²) in [6.45, 7) is 0. The van der Waals surface area contributed by atoms with Gasteiger partial charge in [-0.1, -0.05) is 12.1 Å². The van der Waals surface area contributed by atoms with Crippen molar-refractivity contribution in [2.24, 2.45) is 0 Å². The molecule has 16 heavy (non-hydrogen) atoms. The molecule has 6 heteroatoms. The van der Waals surface area contributed by atoms with Gasteiger partial charge in [-0.3, -0.25) is 5.10 Å². The summed E-state index contributed by atoms with van der Waals surface area (Å²) in [6, 6.07) is 4.70. The molecule has 0 aliphatic rings. The van der Waals surface area contributed by atoms with Gasteiger partial charge in [-0.2, -0.15) is 5.10 Å². The van der Waals surface area contributed by atoms with Crippen LogP contribution in [-0.4, -0.2) is 20.3 Å². The van der Waals surface area contributed by atoms with E-state index >= 15 is 0 Å². The Balaban J connectivity index is 2.18. The molecule has 1 aromatic carbocycles. The molecule has 4 nitrogen and oxygen atoms in total. The van der Waals surface area contributed by atoms with E-state index in [0.29, 0.717) is 15.9 Å². The van der Waals surface area contributed by atoms with E-state index in [2.05, 4.69) is 31.1 Å². The highest BCUT2D eigenvalue weighted by Gasteiger charge is 2.14. The molecule has 84 valence electrons. The molecular weight excluding hydrogens is 277 g/mol. The highest BCUT2D eigenvalue weighted by molar-refractivity contribution is 9.10. The van der Waals surface area contributed by atoms with Crippen molar-refractivity contribution in [1.29, 1.82) is 0 Å². The van der Waals surface area contributed by atoms with Gasteiger partial charge in [-0.15, -0.1) is 0 Å². The van der Waals surface area contributed by atoms with Crippen molar-refractivity contribution >= 4 is 15.9 Å². The molecular formula is C10H9BrFN3O. The molecule has 0 spiro atoms. The zero-order chi connectivity index (χ0) is 11.5. The Hall–Kier alpha value is -1.27. The van der Waals surface area contributed by atoms with Crippen molar-refractivity contribution in [3.63, 3.8) is 0 Å². The highest BCUT2D eigenvalue weighted by Crippen LogP contribution is 2.24. The van der Waals surface area contributed by atoms with Gasteiger partial charge in [0.05, 0.1) is 4.47 Å². The molecule has 0 saturated carbocycles. The molecule has 1 aromatic heterocycles. The Morgan fingerprint density at radius 1 is 1.50 bits per heavy atom. The normalized spacial score (nSPS) is 12.7. The van der Waals surface area contributed by atoms with Crippen LogP contribution in [0.1, 0.15) is 17.5 Å². The fraction of sp³-hybridized carbons (Fsp3) is 0.200. The highest BCUT2D eigenvalue weighted by atomic mass is 79.9. The van der Waals surface area contributed by atoms with Crippen LogP contribution in [0.15, 0.2) is 29.0 Å². The van der Waals surface area contributed by atoms with Crippen molar-refractivity contribution in [3.05, 3.63) is 46.2 Å². The summed E-state index contributed by atoms with van der Waals surface area (Å²) < 4.78 is 13.6. The number of hydrogen-bond donors (Lipinski definition) is 2. The summed E-state index contributed by atoms with van der Waals surface area (Å²) in [6.07, 6.45) is 0.771. The number of aliphatic hydroxyl groups excluding tert-OH is 1. The van der Waals surface area contributed by atoms with Gasteiger partial charge < -0.3 is 5.11 Å². The average molecular weight is 286 g/mol. The van der Waals surface area contributed by atoms with Gasteiger partial charge in [0, 0.05) is 6.42 Å². The summed E-state index contributed by atoms with van der Waals surface area (Å²) in [4.78, 5) is 3.84. The maximum atomic E-state index is 13.2. The first-order valence-electron chi connectivity index (χ1n) is 4.64. The van der Waals surface area contributed by atoms with Crippen molar-refractivity contribution in [1.82, 2.24) is 15.2 Å². The summed E-state index contributed by atoms with van der Waals surface area (Å²) in [5.74, 6) is 0.0263. The molecule has 0 radical (unpaired) electrons. The Morgan fingerprint density at radius 2 is 2.31 bits per heavy atom. The van der Waals surface area contributed by atoms with Crippen LogP contribution in [0, 0.1) is 5.82 Å². The van der Waals surface area contributed by atoms with Gasteiger partial charge in [0.1, 0.15) is 18.2 Å². The third-order valence-electron chi connectivity index (χ3n) is 2.19. The smallest absolute Gasteiger partial charge is 0.153 e. The molecule has 0 aliphatic carbocycles. The first-order valence-corrected chi connectivity index (χ1v) is 5.44. The molecule has 1 heterocycles. The standard InChI is InChI=1S/C10H9BrFN3O/c11-9-6(2-1-3-7(9)12)4-8(16)10-13-5-14-15-10/h1-3,5,8,16H,4H2,(H,13,14,15). The van der Waals surface area contributed by atoms with Crippen LogP contribution in [0.2, 0.25) is 0 Å². The molecule has 0 fully saturated rings. The maximum Gasteiger partial charge on any atom is 0.153 e. The molecule has 2 N–H and O–H groups in total. The van der Waals surface area contributed by atoms with Crippen LogP contribution in [0.5, 0.6) is 0 Å². The largest absolute Gasteiger partial charge is 0.385 e. The lowest BCUT2D eigenvalue weighted by atomic mass is 10.1. The van der Waals surface area contributed by atoms with E-state index in [-0.39, 0.29) is 12.2 Å². The number of rotatable bonds is 3. The lowest BCUT2D eigenvalue weighted by molar-refractivity contribution is 0.168. The zero-order valence-corrected chi connectivity index (χ0v) is 9.78. The van der Waals surface area contributed by atoms with Crippen LogP contribution in [0.25, 0.3) is 0 Å². The molecule has 0 bridgehead atoms. The van der Waals surface area contributed by atoms with E-state index in [0.717, 1.165) is 0 Å². The zero-order valence-electron chi connectivity index (χ0n) is 8.19. The maximum absolute atomic E-state index is 13.2. The molecule has 1 unspecified atom stereocenters. The van der Waals surface area contributed by atoms with Crippen LogP contribution < -0.4 is 0 Å². The molecule has 0 aliphatic heterocycles. The van der Waals surface area contributed by atoms with E-state index in [1.165, 1.54) is 12.4 Å².